The number of carbonyl (C=O) groups excluding carboxylic acids is 3. The highest BCUT2D eigenvalue weighted by Crippen LogP contribution is 2.31. The molecule has 4 rings (SSSR count). The first kappa shape index (κ1) is 21.4. The fraction of sp³-hybridized carbons (Fsp3) is 0.174. The molecule has 0 saturated carbocycles. The number of rotatable bonds is 5. The number of fused-ring (bicyclic) bond motifs is 1. The van der Waals surface area contributed by atoms with Crippen molar-refractivity contribution < 1.29 is 27.6 Å². The van der Waals surface area contributed by atoms with E-state index in [1.54, 1.807) is 4.90 Å². The minimum absolute atomic E-state index is 0.0194. The van der Waals surface area contributed by atoms with Crippen LogP contribution in [0, 0.1) is 23.4 Å². The third-order valence-corrected chi connectivity index (χ3v) is 5.29. The summed E-state index contributed by atoms with van der Waals surface area (Å²) in [5.41, 5.74) is 0.163. The quantitative estimate of drug-likeness (QED) is 0.596. The Bertz CT molecular complexity index is 1230. The summed E-state index contributed by atoms with van der Waals surface area (Å²) < 4.78 is 39.9. The maximum atomic E-state index is 13.7. The van der Waals surface area contributed by atoms with Gasteiger partial charge in [-0.3, -0.25) is 14.4 Å². The van der Waals surface area contributed by atoms with Gasteiger partial charge in [-0.05, 0) is 23.6 Å². The zero-order valence-electron chi connectivity index (χ0n) is 16.7. The zero-order valence-corrected chi connectivity index (χ0v) is 16.7. The molecule has 0 bridgehead atoms. The summed E-state index contributed by atoms with van der Waals surface area (Å²) in [6, 6.07) is 14.7. The second-order valence-corrected chi connectivity index (χ2v) is 7.39. The number of nitrogens with zero attached hydrogens (tertiary/aromatic N) is 1. The summed E-state index contributed by atoms with van der Waals surface area (Å²) in [4.78, 5) is 38.6. The second-order valence-electron chi connectivity index (χ2n) is 7.39. The average molecular weight is 441 g/mol. The largest absolute Gasteiger partial charge is 0.347 e. The van der Waals surface area contributed by atoms with E-state index in [9.17, 15) is 27.6 Å². The number of halogens is 3. The van der Waals surface area contributed by atoms with Gasteiger partial charge in [-0.15, -0.1) is 0 Å². The van der Waals surface area contributed by atoms with Crippen molar-refractivity contribution in [2.24, 2.45) is 5.92 Å². The smallest absolute Gasteiger partial charge is 0.243 e. The second kappa shape index (κ2) is 8.70. The Morgan fingerprint density at radius 1 is 0.969 bits per heavy atom. The fourth-order valence-electron chi connectivity index (χ4n) is 3.69. The predicted molar refractivity (Wildman–Crippen MR) is 112 cm³/mol. The molecule has 3 amide bonds. The number of amides is 3. The van der Waals surface area contributed by atoms with Crippen LogP contribution >= 0.6 is 0 Å². The van der Waals surface area contributed by atoms with Crippen LogP contribution in [0.3, 0.4) is 0 Å². The number of benzene rings is 3. The lowest BCUT2D eigenvalue weighted by molar-refractivity contribution is -0.127. The molecule has 32 heavy (non-hydrogen) atoms. The van der Waals surface area contributed by atoms with Crippen LogP contribution in [0.25, 0.3) is 10.8 Å². The molecule has 6 nitrogen and oxygen atoms in total. The van der Waals surface area contributed by atoms with Gasteiger partial charge in [0, 0.05) is 18.4 Å². The lowest BCUT2D eigenvalue weighted by Crippen LogP contribution is -2.38. The predicted octanol–water partition coefficient (Wildman–Crippen LogP) is 3.36. The molecule has 1 saturated heterocycles. The summed E-state index contributed by atoms with van der Waals surface area (Å²) in [7, 11) is 0. The van der Waals surface area contributed by atoms with Crippen molar-refractivity contribution in [3.05, 3.63) is 72.0 Å². The van der Waals surface area contributed by atoms with E-state index in [1.807, 2.05) is 42.5 Å². The van der Waals surface area contributed by atoms with Crippen LogP contribution < -0.4 is 15.5 Å². The van der Waals surface area contributed by atoms with E-state index in [2.05, 4.69) is 10.6 Å². The van der Waals surface area contributed by atoms with Gasteiger partial charge < -0.3 is 15.5 Å². The molecule has 3 aromatic rings. The molecule has 0 aromatic heterocycles. The standard InChI is InChI=1S/C23H18F3N3O3/c24-16-8-9-17(22(26)21(16)25)28-19(30)11-27-23(32)14-10-20(31)29(12-14)18-7-3-5-13-4-1-2-6-15(13)18/h1-9,14H,10-12H2,(H,27,32)(H,28,30). The van der Waals surface area contributed by atoms with Crippen molar-refractivity contribution in [2.45, 2.75) is 6.42 Å². The summed E-state index contributed by atoms with van der Waals surface area (Å²) in [5, 5.41) is 6.33. The molecular formula is C23H18F3N3O3. The third kappa shape index (κ3) is 4.14. The van der Waals surface area contributed by atoms with Gasteiger partial charge in [0.2, 0.25) is 17.7 Å². The van der Waals surface area contributed by atoms with Gasteiger partial charge in [-0.1, -0.05) is 36.4 Å². The van der Waals surface area contributed by atoms with Crippen molar-refractivity contribution in [1.82, 2.24) is 5.32 Å². The molecule has 1 fully saturated rings. The normalized spacial score (nSPS) is 15.8. The minimum Gasteiger partial charge on any atom is -0.347 e. The average Bonchev–Trinajstić information content (AvgIpc) is 3.19. The van der Waals surface area contributed by atoms with Crippen molar-refractivity contribution in [3.8, 4) is 0 Å². The molecule has 164 valence electrons. The summed E-state index contributed by atoms with van der Waals surface area (Å²) in [5.74, 6) is -6.83. The lowest BCUT2D eigenvalue weighted by atomic mass is 10.1. The molecule has 3 aromatic carbocycles. The van der Waals surface area contributed by atoms with Gasteiger partial charge in [0.15, 0.2) is 17.5 Å². The van der Waals surface area contributed by atoms with E-state index in [-0.39, 0.29) is 18.9 Å². The first-order chi connectivity index (χ1) is 15.3. The SMILES string of the molecule is O=C(CNC(=O)C1CC(=O)N(c2cccc3ccccc23)C1)Nc1ccc(F)c(F)c1F. The Morgan fingerprint density at radius 2 is 1.72 bits per heavy atom. The number of carbonyl (C=O) groups is 3. The van der Waals surface area contributed by atoms with Gasteiger partial charge in [0.25, 0.3) is 0 Å². The number of anilines is 2. The van der Waals surface area contributed by atoms with Gasteiger partial charge in [0.1, 0.15) is 0 Å². The van der Waals surface area contributed by atoms with Crippen LogP contribution in [0.4, 0.5) is 24.5 Å². The van der Waals surface area contributed by atoms with E-state index in [1.165, 1.54) is 0 Å². The molecule has 0 radical (unpaired) electrons. The number of hydrogen-bond acceptors (Lipinski definition) is 3. The zero-order chi connectivity index (χ0) is 22.8. The van der Waals surface area contributed by atoms with Crippen molar-refractivity contribution in [2.75, 3.05) is 23.3 Å². The Morgan fingerprint density at radius 3 is 2.53 bits per heavy atom. The van der Waals surface area contributed by atoms with E-state index >= 15 is 0 Å². The highest BCUT2D eigenvalue weighted by Gasteiger charge is 2.35. The minimum atomic E-state index is -1.70. The number of nitrogens with one attached hydrogen (secondary N) is 2. The summed E-state index contributed by atoms with van der Waals surface area (Å²) in [6.45, 7) is -0.367. The van der Waals surface area contributed by atoms with Crippen LogP contribution in [-0.4, -0.2) is 30.8 Å². The summed E-state index contributed by atoms with van der Waals surface area (Å²) in [6.07, 6.45) is -0.0194. The molecular weight excluding hydrogens is 423 g/mol. The fourth-order valence-corrected chi connectivity index (χ4v) is 3.69. The Labute approximate surface area is 181 Å². The molecule has 1 unspecified atom stereocenters. The maximum absolute atomic E-state index is 13.7. The molecule has 9 heteroatoms. The maximum Gasteiger partial charge on any atom is 0.243 e. The molecule has 0 spiro atoms. The first-order valence-electron chi connectivity index (χ1n) is 9.84. The highest BCUT2D eigenvalue weighted by atomic mass is 19.2. The Kier molecular flexibility index (Phi) is 5.81. The van der Waals surface area contributed by atoms with Crippen LogP contribution in [0.5, 0.6) is 0 Å². The van der Waals surface area contributed by atoms with E-state index < -0.39 is 47.4 Å². The van der Waals surface area contributed by atoms with E-state index in [4.69, 9.17) is 0 Å². The van der Waals surface area contributed by atoms with Crippen LogP contribution in [0.15, 0.2) is 54.6 Å². The molecule has 1 heterocycles. The molecule has 1 aliphatic heterocycles. The van der Waals surface area contributed by atoms with Crippen molar-refractivity contribution in [3.63, 3.8) is 0 Å². The molecule has 1 aliphatic rings. The lowest BCUT2D eigenvalue weighted by Gasteiger charge is -2.19. The monoisotopic (exact) mass is 441 g/mol. The first-order valence-corrected chi connectivity index (χ1v) is 9.84. The van der Waals surface area contributed by atoms with Crippen LogP contribution in [-0.2, 0) is 14.4 Å². The van der Waals surface area contributed by atoms with Gasteiger partial charge in [0.05, 0.1) is 23.8 Å². The van der Waals surface area contributed by atoms with Crippen LogP contribution in [0.2, 0.25) is 0 Å². The Balaban J connectivity index is 1.38. The highest BCUT2D eigenvalue weighted by molar-refractivity contribution is 6.07. The van der Waals surface area contributed by atoms with E-state index in [0.29, 0.717) is 11.8 Å². The van der Waals surface area contributed by atoms with Gasteiger partial charge in [-0.2, -0.15) is 0 Å². The molecule has 2 N–H and O–H groups in total. The van der Waals surface area contributed by atoms with Gasteiger partial charge >= 0.3 is 0 Å². The Hall–Kier alpha value is -3.88. The molecule has 1 atom stereocenters. The number of hydrogen-bond donors (Lipinski definition) is 2. The topological polar surface area (TPSA) is 78.5 Å². The van der Waals surface area contributed by atoms with Crippen molar-refractivity contribution >= 4 is 39.9 Å². The molecule has 0 aliphatic carbocycles. The summed E-state index contributed by atoms with van der Waals surface area (Å²) >= 11 is 0. The van der Waals surface area contributed by atoms with Crippen molar-refractivity contribution in [1.29, 1.82) is 0 Å². The van der Waals surface area contributed by atoms with E-state index in [0.717, 1.165) is 16.8 Å². The van der Waals surface area contributed by atoms with Crippen LogP contribution in [0.1, 0.15) is 6.42 Å². The van der Waals surface area contributed by atoms with Gasteiger partial charge in [-0.25, -0.2) is 13.2 Å². The third-order valence-electron chi connectivity index (χ3n) is 5.29.